The average Bonchev–Trinajstić information content (AvgIpc) is 2.79. The van der Waals surface area contributed by atoms with E-state index in [0.29, 0.717) is 19.7 Å². The minimum atomic E-state index is -0.287. The maximum Gasteiger partial charge on any atom is 0.322 e. The number of aromatic nitrogens is 1. The van der Waals surface area contributed by atoms with Gasteiger partial charge in [0.15, 0.2) is 0 Å². The molecule has 1 aliphatic rings. The van der Waals surface area contributed by atoms with E-state index in [1.54, 1.807) is 35.0 Å². The van der Waals surface area contributed by atoms with Gasteiger partial charge in [-0.1, -0.05) is 30.3 Å². The lowest BCUT2D eigenvalue weighted by molar-refractivity contribution is -0.0135. The van der Waals surface area contributed by atoms with Gasteiger partial charge in [-0.05, 0) is 47.5 Å². The number of hydrogen-bond donors (Lipinski definition) is 1. The number of carbonyl (C=O) groups is 1. The topological polar surface area (TPSA) is 54.5 Å². The van der Waals surface area contributed by atoms with Crippen molar-refractivity contribution in [3.8, 4) is 0 Å². The van der Waals surface area contributed by atoms with Crippen LogP contribution in [0.1, 0.15) is 17.2 Å². The predicted molar refractivity (Wildman–Crippen MR) is 116 cm³/mol. The van der Waals surface area contributed by atoms with E-state index in [9.17, 15) is 9.18 Å². The third-order valence-corrected chi connectivity index (χ3v) is 5.81. The van der Waals surface area contributed by atoms with Crippen LogP contribution in [0.4, 0.5) is 14.9 Å². The number of benzene rings is 2. The van der Waals surface area contributed by atoms with Crippen LogP contribution in [0.2, 0.25) is 0 Å². The van der Waals surface area contributed by atoms with Crippen LogP contribution in [0.25, 0.3) is 0 Å². The average molecular weight is 424 g/mol. The highest BCUT2D eigenvalue weighted by atomic mass is 32.2. The third kappa shape index (κ3) is 5.37. The molecule has 1 unspecified atom stereocenters. The highest BCUT2D eigenvalue weighted by Gasteiger charge is 2.25. The highest BCUT2D eigenvalue weighted by Crippen LogP contribution is 2.24. The molecule has 0 saturated carbocycles. The molecular weight excluding hydrogens is 401 g/mol. The molecule has 5 nitrogen and oxygen atoms in total. The van der Waals surface area contributed by atoms with Gasteiger partial charge in [-0.15, -0.1) is 11.8 Å². The Kier molecular flexibility index (Phi) is 6.61. The lowest BCUT2D eigenvalue weighted by Gasteiger charge is -2.33. The highest BCUT2D eigenvalue weighted by molar-refractivity contribution is 7.98. The molecule has 1 N–H and O–H groups in total. The molecule has 30 heavy (non-hydrogen) atoms. The normalized spacial score (nSPS) is 16.3. The second-order valence-corrected chi connectivity index (χ2v) is 7.94. The van der Waals surface area contributed by atoms with Gasteiger partial charge in [0.05, 0.1) is 18.2 Å². The largest absolute Gasteiger partial charge is 0.370 e. The number of morpholine rings is 1. The number of pyridine rings is 1. The quantitative estimate of drug-likeness (QED) is 0.579. The lowest BCUT2D eigenvalue weighted by atomic mass is 10.1. The molecule has 0 spiro atoms. The summed E-state index contributed by atoms with van der Waals surface area (Å²) in [5.74, 6) is 0.482. The van der Waals surface area contributed by atoms with Crippen LogP contribution >= 0.6 is 11.8 Å². The zero-order valence-corrected chi connectivity index (χ0v) is 17.1. The summed E-state index contributed by atoms with van der Waals surface area (Å²) >= 11 is 1.65. The Hall–Kier alpha value is -2.90. The number of anilines is 1. The van der Waals surface area contributed by atoms with Gasteiger partial charge in [0.1, 0.15) is 11.9 Å². The first-order valence-electron chi connectivity index (χ1n) is 9.73. The number of thioether (sulfide) groups is 1. The molecule has 1 atom stereocenters. The van der Waals surface area contributed by atoms with Crippen LogP contribution in [0.5, 0.6) is 0 Å². The molecule has 0 aliphatic carbocycles. The molecule has 3 aromatic rings. The summed E-state index contributed by atoms with van der Waals surface area (Å²) in [5, 5.41) is 3.94. The van der Waals surface area contributed by atoms with E-state index in [1.807, 2.05) is 42.5 Å². The molecule has 1 fully saturated rings. The number of amides is 2. The Morgan fingerprint density at radius 3 is 2.83 bits per heavy atom. The Labute approximate surface area is 179 Å². The van der Waals surface area contributed by atoms with Crippen LogP contribution in [0.3, 0.4) is 0 Å². The fourth-order valence-corrected chi connectivity index (χ4v) is 4.05. The number of rotatable bonds is 5. The molecule has 1 saturated heterocycles. The second-order valence-electron chi connectivity index (χ2n) is 6.94. The fraction of sp³-hybridized carbons (Fsp3) is 0.217. The SMILES string of the molecule is O=C(Nc1cccc(CSc2ccccn2)c1)N1CCOC(c2ccc(F)cc2)C1. The van der Waals surface area contributed by atoms with Gasteiger partial charge in [-0.3, -0.25) is 0 Å². The van der Waals surface area contributed by atoms with E-state index < -0.39 is 0 Å². The molecule has 0 bridgehead atoms. The van der Waals surface area contributed by atoms with Crippen molar-refractivity contribution in [2.24, 2.45) is 0 Å². The maximum atomic E-state index is 13.2. The molecule has 4 rings (SSSR count). The van der Waals surface area contributed by atoms with Gasteiger partial charge in [0, 0.05) is 24.2 Å². The Balaban J connectivity index is 1.35. The van der Waals surface area contributed by atoms with Crippen molar-refractivity contribution < 1.29 is 13.9 Å². The predicted octanol–water partition coefficient (Wildman–Crippen LogP) is 5.12. The van der Waals surface area contributed by atoms with E-state index in [2.05, 4.69) is 10.3 Å². The number of halogens is 1. The summed E-state index contributed by atoms with van der Waals surface area (Å²) in [6, 6.07) is 19.7. The van der Waals surface area contributed by atoms with Crippen molar-refractivity contribution in [2.75, 3.05) is 25.0 Å². The molecule has 2 heterocycles. The summed E-state index contributed by atoms with van der Waals surface area (Å²) in [7, 11) is 0. The van der Waals surface area contributed by atoms with Gasteiger partial charge >= 0.3 is 6.03 Å². The van der Waals surface area contributed by atoms with Crippen molar-refractivity contribution in [1.82, 2.24) is 9.88 Å². The number of ether oxygens (including phenoxy) is 1. The molecule has 154 valence electrons. The van der Waals surface area contributed by atoms with E-state index in [-0.39, 0.29) is 18.0 Å². The lowest BCUT2D eigenvalue weighted by Crippen LogP contribution is -2.44. The summed E-state index contributed by atoms with van der Waals surface area (Å²) in [6.07, 6.45) is 1.52. The first kappa shape index (κ1) is 20.4. The number of hydrogen-bond acceptors (Lipinski definition) is 4. The Morgan fingerprint density at radius 1 is 1.17 bits per heavy atom. The summed E-state index contributed by atoms with van der Waals surface area (Å²) < 4.78 is 18.9. The van der Waals surface area contributed by atoms with Crippen LogP contribution in [-0.4, -0.2) is 35.6 Å². The molecule has 1 aromatic heterocycles. The fourth-order valence-electron chi connectivity index (χ4n) is 3.24. The zero-order valence-electron chi connectivity index (χ0n) is 16.3. The van der Waals surface area contributed by atoms with Crippen LogP contribution in [0.15, 0.2) is 78.0 Å². The minimum Gasteiger partial charge on any atom is -0.370 e. The van der Waals surface area contributed by atoms with Gasteiger partial charge in [0.2, 0.25) is 0 Å². The van der Waals surface area contributed by atoms with E-state index in [4.69, 9.17) is 4.74 Å². The van der Waals surface area contributed by atoms with Gasteiger partial charge in [-0.25, -0.2) is 14.2 Å². The van der Waals surface area contributed by atoms with Gasteiger partial charge in [-0.2, -0.15) is 0 Å². The maximum absolute atomic E-state index is 13.2. The van der Waals surface area contributed by atoms with Crippen molar-refractivity contribution in [3.63, 3.8) is 0 Å². The standard InChI is InChI=1S/C23H22FN3O2S/c24-19-9-7-18(8-10-19)21-15-27(12-13-29-21)23(28)26-20-5-3-4-17(14-20)16-30-22-6-1-2-11-25-22/h1-11,14,21H,12-13,15-16H2,(H,26,28). The van der Waals surface area contributed by atoms with Crippen LogP contribution in [0, 0.1) is 5.82 Å². The van der Waals surface area contributed by atoms with E-state index >= 15 is 0 Å². The molecule has 0 radical (unpaired) electrons. The molecule has 1 aliphatic heterocycles. The molecular formula is C23H22FN3O2S. The van der Waals surface area contributed by atoms with Crippen molar-refractivity contribution in [2.45, 2.75) is 16.9 Å². The zero-order chi connectivity index (χ0) is 20.8. The molecule has 7 heteroatoms. The smallest absolute Gasteiger partial charge is 0.322 e. The van der Waals surface area contributed by atoms with Gasteiger partial charge < -0.3 is 15.0 Å². The number of urea groups is 1. The number of carbonyl (C=O) groups excluding carboxylic acids is 1. The van der Waals surface area contributed by atoms with E-state index in [1.165, 1.54) is 12.1 Å². The third-order valence-electron chi connectivity index (χ3n) is 4.80. The molecule has 2 aromatic carbocycles. The first-order chi connectivity index (χ1) is 14.7. The van der Waals surface area contributed by atoms with Gasteiger partial charge in [0.25, 0.3) is 0 Å². The van der Waals surface area contributed by atoms with Crippen LogP contribution in [-0.2, 0) is 10.5 Å². The second kappa shape index (κ2) is 9.73. The monoisotopic (exact) mass is 423 g/mol. The number of nitrogens with zero attached hydrogens (tertiary/aromatic N) is 2. The van der Waals surface area contributed by atoms with Crippen molar-refractivity contribution >= 4 is 23.5 Å². The summed E-state index contributed by atoms with van der Waals surface area (Å²) in [6.45, 7) is 1.38. The Bertz CT molecular complexity index is 985. The molecule has 2 amide bonds. The van der Waals surface area contributed by atoms with Crippen LogP contribution < -0.4 is 5.32 Å². The Morgan fingerprint density at radius 2 is 2.03 bits per heavy atom. The van der Waals surface area contributed by atoms with Crippen molar-refractivity contribution in [3.05, 3.63) is 89.9 Å². The first-order valence-corrected chi connectivity index (χ1v) is 10.7. The summed E-state index contributed by atoms with van der Waals surface area (Å²) in [4.78, 5) is 18.8. The summed E-state index contributed by atoms with van der Waals surface area (Å²) in [5.41, 5.74) is 2.72. The van der Waals surface area contributed by atoms with Crippen molar-refractivity contribution in [1.29, 1.82) is 0 Å². The van der Waals surface area contributed by atoms with E-state index in [0.717, 1.165) is 27.6 Å². The minimum absolute atomic E-state index is 0.167. The number of nitrogens with one attached hydrogen (secondary N) is 1.